The van der Waals surface area contributed by atoms with E-state index in [9.17, 15) is 9.90 Å². The van der Waals surface area contributed by atoms with Crippen LogP contribution in [0.4, 0.5) is 10.5 Å². The first-order valence-electron chi connectivity index (χ1n) is 6.26. The molecule has 0 radical (unpaired) electrons. The molecule has 1 unspecified atom stereocenters. The Hall–Kier alpha value is -1.93. The molecule has 0 spiro atoms. The number of hydrogen-bond acceptors (Lipinski definition) is 6. The van der Waals surface area contributed by atoms with E-state index in [-0.39, 0.29) is 10.6 Å². The summed E-state index contributed by atoms with van der Waals surface area (Å²) in [5.41, 5.74) is 0.779. The number of carboxylic acid groups (broad SMARTS) is 1. The van der Waals surface area contributed by atoms with Gasteiger partial charge in [-0.25, -0.2) is 4.31 Å². The number of benzene rings is 1. The third-order valence-corrected chi connectivity index (χ3v) is 3.38. The predicted octanol–water partition coefficient (Wildman–Crippen LogP) is 1.94. The Labute approximate surface area is 122 Å². The Bertz CT molecular complexity index is 548. The van der Waals surface area contributed by atoms with E-state index in [2.05, 4.69) is 28.4 Å². The van der Waals surface area contributed by atoms with Crippen molar-refractivity contribution in [3.8, 4) is 0 Å². The standard InChI is InChI=1S/C12H15N5O2S/c1-2-3-9-17(10-7-5-4-6-8-10)11(13-14-15-17)16(20)12(18)19/h4-8,20H,2-3,9H2,1H3. The molecule has 0 aliphatic carbocycles. The summed E-state index contributed by atoms with van der Waals surface area (Å²) in [6.45, 7) is 2.59. The Balaban J connectivity index is 2.45. The number of rotatable bonds is 4. The van der Waals surface area contributed by atoms with Crippen LogP contribution in [0.2, 0.25) is 0 Å². The van der Waals surface area contributed by atoms with Crippen molar-refractivity contribution in [1.29, 1.82) is 0 Å². The molecule has 1 atom stereocenters. The number of hydrogen-bond donors (Lipinski definition) is 1. The largest absolute Gasteiger partial charge is 0.529 e. The maximum atomic E-state index is 11.0. The van der Waals surface area contributed by atoms with Crippen LogP contribution in [0.5, 0.6) is 0 Å². The summed E-state index contributed by atoms with van der Waals surface area (Å²) in [6.07, 6.45) is 0.309. The highest BCUT2D eigenvalue weighted by Gasteiger charge is 2.45. The monoisotopic (exact) mass is 293 g/mol. The zero-order valence-electron chi connectivity index (χ0n) is 11.0. The molecule has 8 heteroatoms. The molecule has 106 valence electrons. The molecule has 1 amide bonds. The van der Waals surface area contributed by atoms with Crippen molar-refractivity contribution in [1.82, 2.24) is 8.90 Å². The number of carbonyl (C=O) groups is 1. The van der Waals surface area contributed by atoms with Crippen molar-refractivity contribution in [2.45, 2.75) is 19.8 Å². The van der Waals surface area contributed by atoms with Crippen molar-refractivity contribution in [2.75, 3.05) is 6.54 Å². The maximum absolute atomic E-state index is 11.0. The number of guanidine groups is 1. The topological polar surface area (TPSA) is 80.5 Å². The average molecular weight is 293 g/mol. The smallest absolute Gasteiger partial charge is 0.375 e. The highest BCUT2D eigenvalue weighted by molar-refractivity contribution is 7.79. The third kappa shape index (κ3) is 2.52. The lowest BCUT2D eigenvalue weighted by atomic mass is 10.2. The minimum atomic E-state index is -1.46. The molecule has 0 fully saturated rings. The molecular formula is C12H15N5O2S. The molecule has 0 N–H and O–H groups in total. The third-order valence-electron chi connectivity index (χ3n) is 3.04. The molecule has 2 rings (SSSR count). The highest BCUT2D eigenvalue weighted by atomic mass is 32.1. The highest BCUT2D eigenvalue weighted by Crippen LogP contribution is 2.31. The Morgan fingerprint density at radius 2 is 2.10 bits per heavy atom. The van der Waals surface area contributed by atoms with Crippen LogP contribution in [-0.4, -0.2) is 22.9 Å². The van der Waals surface area contributed by atoms with Crippen LogP contribution in [0.15, 0.2) is 45.9 Å². The first kappa shape index (κ1) is 14.5. The van der Waals surface area contributed by atoms with Crippen LogP contribution < -0.4 is 9.70 Å². The minimum absolute atomic E-state index is 0.105. The number of amides is 1. The van der Waals surface area contributed by atoms with Crippen LogP contribution in [-0.2, 0) is 0 Å². The summed E-state index contributed by atoms with van der Waals surface area (Å²) < 4.78 is 0.537. The summed E-state index contributed by atoms with van der Waals surface area (Å²) in [5.74, 6) is 0.105. The molecule has 0 aromatic heterocycles. The molecule has 1 heterocycles. The van der Waals surface area contributed by atoms with Crippen molar-refractivity contribution < 1.29 is 9.90 Å². The van der Waals surface area contributed by atoms with E-state index in [1.807, 2.05) is 37.3 Å². The molecule has 1 aromatic rings. The first-order valence-corrected chi connectivity index (χ1v) is 6.66. The summed E-state index contributed by atoms with van der Waals surface area (Å²) in [5, 5.41) is 22.7. The molecular weight excluding hydrogens is 278 g/mol. The molecule has 1 aromatic carbocycles. The van der Waals surface area contributed by atoms with Crippen molar-refractivity contribution >= 4 is 30.6 Å². The number of carbonyl (C=O) groups excluding carboxylic acids is 1. The second-order valence-corrected chi connectivity index (χ2v) is 4.74. The molecule has 0 saturated heterocycles. The van der Waals surface area contributed by atoms with Crippen LogP contribution in [0, 0.1) is 0 Å². The van der Waals surface area contributed by atoms with E-state index in [0.29, 0.717) is 10.8 Å². The van der Waals surface area contributed by atoms with Gasteiger partial charge in [-0.05, 0) is 11.5 Å². The van der Waals surface area contributed by atoms with Gasteiger partial charge in [-0.3, -0.25) is 0 Å². The van der Waals surface area contributed by atoms with Crippen LogP contribution >= 0.6 is 12.8 Å². The maximum Gasteiger partial charge on any atom is 0.375 e. The van der Waals surface area contributed by atoms with Gasteiger partial charge in [0.2, 0.25) is 0 Å². The number of thiol groups is 1. The fourth-order valence-corrected chi connectivity index (χ4v) is 2.21. The van der Waals surface area contributed by atoms with Gasteiger partial charge < -0.3 is 9.90 Å². The molecule has 1 aliphatic rings. The lowest BCUT2D eigenvalue weighted by Crippen LogP contribution is -2.56. The fraction of sp³-hybridized carbons (Fsp3) is 0.333. The Morgan fingerprint density at radius 3 is 2.70 bits per heavy atom. The van der Waals surface area contributed by atoms with Crippen LogP contribution in [0.3, 0.4) is 0 Å². The average Bonchev–Trinajstić information content (AvgIpc) is 2.90. The van der Waals surface area contributed by atoms with Gasteiger partial charge in [-0.15, -0.1) is 0 Å². The van der Waals surface area contributed by atoms with Gasteiger partial charge in [0.15, 0.2) is 11.8 Å². The first-order chi connectivity index (χ1) is 9.62. The lowest BCUT2D eigenvalue weighted by molar-refractivity contribution is -0.255. The van der Waals surface area contributed by atoms with E-state index >= 15 is 0 Å². The number of nitrogens with zero attached hydrogens (tertiary/aromatic N) is 5. The summed E-state index contributed by atoms with van der Waals surface area (Å²) >= 11 is 3.91. The molecule has 1 aliphatic heterocycles. The SMILES string of the molecule is CCCC[N+]1(c2ccccc2)N=NN=C1N(S)C(=O)[O-]. The van der Waals surface area contributed by atoms with Gasteiger partial charge in [0.25, 0.3) is 0 Å². The zero-order chi connectivity index (χ0) is 14.6. The second kappa shape index (κ2) is 6.02. The van der Waals surface area contributed by atoms with Crippen molar-refractivity contribution in [3.63, 3.8) is 0 Å². The van der Waals surface area contributed by atoms with E-state index < -0.39 is 6.09 Å². The molecule has 0 saturated carbocycles. The number of quaternary nitrogens is 1. The quantitative estimate of drug-likeness (QED) is 0.680. The summed E-state index contributed by atoms with van der Waals surface area (Å²) in [6, 6.07) is 9.29. The van der Waals surface area contributed by atoms with E-state index in [4.69, 9.17) is 0 Å². The van der Waals surface area contributed by atoms with Crippen molar-refractivity contribution in [3.05, 3.63) is 30.3 Å². The fourth-order valence-electron chi connectivity index (χ4n) is 2.03. The van der Waals surface area contributed by atoms with E-state index in [0.717, 1.165) is 18.5 Å². The zero-order valence-corrected chi connectivity index (χ0v) is 11.9. The normalized spacial score (nSPS) is 20.8. The van der Waals surface area contributed by atoms with Gasteiger partial charge in [0, 0.05) is 17.4 Å². The van der Waals surface area contributed by atoms with E-state index in [1.54, 1.807) is 0 Å². The van der Waals surface area contributed by atoms with Crippen LogP contribution in [0.25, 0.3) is 0 Å². The van der Waals surface area contributed by atoms with Gasteiger partial charge in [-0.2, -0.15) is 0 Å². The Kier molecular flexibility index (Phi) is 4.35. The van der Waals surface area contributed by atoms with Gasteiger partial charge in [-0.1, -0.05) is 49.0 Å². The van der Waals surface area contributed by atoms with Gasteiger partial charge >= 0.3 is 5.96 Å². The molecule has 7 nitrogen and oxygen atoms in total. The van der Waals surface area contributed by atoms with Crippen molar-refractivity contribution in [2.24, 2.45) is 15.5 Å². The minimum Gasteiger partial charge on any atom is -0.529 e. The lowest BCUT2D eigenvalue weighted by Gasteiger charge is -2.30. The second-order valence-electron chi connectivity index (χ2n) is 4.34. The van der Waals surface area contributed by atoms with Gasteiger partial charge in [0.05, 0.1) is 5.22 Å². The van der Waals surface area contributed by atoms with Gasteiger partial charge in [0.1, 0.15) is 6.54 Å². The number of unbranched alkanes of at least 4 members (excludes halogenated alkanes) is 1. The Morgan fingerprint density at radius 1 is 1.40 bits per heavy atom. The summed E-state index contributed by atoms with van der Waals surface area (Å²) in [7, 11) is 0. The number of para-hydroxylation sites is 1. The molecule has 0 bridgehead atoms. The molecule has 20 heavy (non-hydrogen) atoms. The van der Waals surface area contributed by atoms with E-state index in [1.165, 1.54) is 0 Å². The van der Waals surface area contributed by atoms with Crippen LogP contribution in [0.1, 0.15) is 19.8 Å². The summed E-state index contributed by atoms with van der Waals surface area (Å²) in [4.78, 5) is 11.0. The predicted molar refractivity (Wildman–Crippen MR) is 76.5 cm³/mol.